The van der Waals surface area contributed by atoms with E-state index in [-0.39, 0.29) is 0 Å². The van der Waals surface area contributed by atoms with Gasteiger partial charge in [-0.3, -0.25) is 0 Å². The van der Waals surface area contributed by atoms with E-state index in [1.807, 2.05) is 13.8 Å². The third kappa shape index (κ3) is 4.31. The fourth-order valence-electron chi connectivity index (χ4n) is 1.40. The zero-order chi connectivity index (χ0) is 13.5. The van der Waals surface area contributed by atoms with E-state index in [0.29, 0.717) is 24.8 Å². The lowest BCUT2D eigenvalue weighted by atomic mass is 10.2. The molecule has 0 amide bonds. The van der Waals surface area contributed by atoms with Gasteiger partial charge in [-0.05, 0) is 20.8 Å². The zero-order valence-corrected chi connectivity index (χ0v) is 10.8. The minimum absolute atomic E-state index is 0.347. The second-order valence-electron chi connectivity index (χ2n) is 3.77. The highest BCUT2D eigenvalue weighted by atomic mass is 19.3. The molecule has 0 unspecified atom stereocenters. The van der Waals surface area contributed by atoms with Crippen molar-refractivity contribution in [3.63, 3.8) is 0 Å². The molecule has 0 aromatic carbocycles. The van der Waals surface area contributed by atoms with Gasteiger partial charge in [-0.25, -0.2) is 13.8 Å². The summed E-state index contributed by atoms with van der Waals surface area (Å²) in [5.74, 6) is 1.05. The van der Waals surface area contributed by atoms with Crippen molar-refractivity contribution in [3.8, 4) is 0 Å². The van der Waals surface area contributed by atoms with E-state index < -0.39 is 13.0 Å². The number of rotatable bonds is 5. The Morgan fingerprint density at radius 3 is 2.61 bits per heavy atom. The third-order valence-electron chi connectivity index (χ3n) is 2.34. The molecule has 18 heavy (non-hydrogen) atoms. The summed E-state index contributed by atoms with van der Waals surface area (Å²) in [7, 11) is 0. The molecule has 1 aromatic rings. The monoisotopic (exact) mass is 260 g/mol. The van der Waals surface area contributed by atoms with Crippen molar-refractivity contribution in [1.82, 2.24) is 15.8 Å². The Morgan fingerprint density at radius 1 is 1.39 bits per heavy atom. The van der Waals surface area contributed by atoms with Gasteiger partial charge in [0.2, 0.25) is 0 Å². The molecule has 0 spiro atoms. The first-order valence-corrected chi connectivity index (χ1v) is 5.76. The molecule has 1 aromatic heterocycles. The molecule has 0 saturated carbocycles. The molecule has 0 atom stereocenters. The maximum atomic E-state index is 12.1. The summed E-state index contributed by atoms with van der Waals surface area (Å²) in [5.41, 5.74) is 1.64. The molecule has 5 nitrogen and oxygen atoms in total. The minimum Gasteiger partial charge on any atom is -0.361 e. The van der Waals surface area contributed by atoms with Crippen LogP contribution in [0.4, 0.5) is 8.78 Å². The van der Waals surface area contributed by atoms with Crippen LogP contribution in [0.5, 0.6) is 0 Å². The van der Waals surface area contributed by atoms with E-state index in [2.05, 4.69) is 20.8 Å². The number of aliphatic imine (C=N–C) groups is 1. The molecule has 1 heterocycles. The van der Waals surface area contributed by atoms with Crippen LogP contribution in [-0.2, 0) is 6.54 Å². The second-order valence-corrected chi connectivity index (χ2v) is 3.77. The van der Waals surface area contributed by atoms with Crippen molar-refractivity contribution in [2.45, 2.75) is 33.7 Å². The Morgan fingerprint density at radius 2 is 2.11 bits per heavy atom. The van der Waals surface area contributed by atoms with Crippen LogP contribution in [0.15, 0.2) is 9.52 Å². The largest absolute Gasteiger partial charge is 0.361 e. The van der Waals surface area contributed by atoms with Crippen molar-refractivity contribution in [2.75, 3.05) is 13.1 Å². The Hall–Kier alpha value is -1.66. The molecule has 0 aliphatic carbocycles. The number of halogens is 2. The van der Waals surface area contributed by atoms with Crippen LogP contribution < -0.4 is 10.6 Å². The number of hydrogen-bond acceptors (Lipinski definition) is 3. The van der Waals surface area contributed by atoms with Gasteiger partial charge in [0.05, 0.1) is 18.8 Å². The van der Waals surface area contributed by atoms with Gasteiger partial charge in [0.25, 0.3) is 6.43 Å². The number of alkyl halides is 2. The lowest BCUT2D eigenvalue weighted by Gasteiger charge is -2.10. The second kappa shape index (κ2) is 6.93. The first kappa shape index (κ1) is 14.4. The maximum Gasteiger partial charge on any atom is 0.255 e. The van der Waals surface area contributed by atoms with Crippen LogP contribution in [0.2, 0.25) is 0 Å². The van der Waals surface area contributed by atoms with E-state index in [4.69, 9.17) is 4.52 Å². The van der Waals surface area contributed by atoms with Crippen molar-refractivity contribution < 1.29 is 13.3 Å². The average Bonchev–Trinajstić information content (AvgIpc) is 2.63. The Balaban J connectivity index is 2.65. The summed E-state index contributed by atoms with van der Waals surface area (Å²) >= 11 is 0. The minimum atomic E-state index is -2.41. The van der Waals surface area contributed by atoms with Crippen LogP contribution in [0, 0.1) is 13.8 Å². The van der Waals surface area contributed by atoms with Gasteiger partial charge in [0.1, 0.15) is 5.76 Å². The van der Waals surface area contributed by atoms with Crippen LogP contribution >= 0.6 is 0 Å². The summed E-state index contributed by atoms with van der Waals surface area (Å²) in [6, 6.07) is 0. The Kier molecular flexibility index (Phi) is 5.54. The molecule has 0 aliphatic heterocycles. The highest BCUT2D eigenvalue weighted by Crippen LogP contribution is 2.12. The molecule has 0 aliphatic rings. The van der Waals surface area contributed by atoms with Crippen molar-refractivity contribution in [2.24, 2.45) is 4.99 Å². The summed E-state index contributed by atoms with van der Waals surface area (Å²) < 4.78 is 29.2. The standard InChI is InChI=1S/C11H18F2N4O/c1-4-14-11(16-6-10(12)13)15-5-9-7(2)17-18-8(9)3/h10H,4-6H2,1-3H3,(H2,14,15,16). The summed E-state index contributed by atoms with van der Waals surface area (Å²) in [5, 5.41) is 9.26. The zero-order valence-electron chi connectivity index (χ0n) is 10.8. The number of aryl methyl sites for hydroxylation is 2. The average molecular weight is 260 g/mol. The number of hydrogen-bond donors (Lipinski definition) is 2. The SMILES string of the molecule is CCNC(=NCc1c(C)noc1C)NCC(F)F. The summed E-state index contributed by atoms with van der Waals surface area (Å²) in [4.78, 5) is 4.21. The van der Waals surface area contributed by atoms with Gasteiger partial charge < -0.3 is 15.2 Å². The molecule has 0 radical (unpaired) electrons. The van der Waals surface area contributed by atoms with Gasteiger partial charge in [-0.15, -0.1) is 0 Å². The molecule has 0 bridgehead atoms. The van der Waals surface area contributed by atoms with E-state index in [0.717, 1.165) is 11.3 Å². The predicted octanol–water partition coefficient (Wildman–Crippen LogP) is 1.61. The molecule has 1 rings (SSSR count). The highest BCUT2D eigenvalue weighted by Gasteiger charge is 2.09. The van der Waals surface area contributed by atoms with Gasteiger partial charge in [0, 0.05) is 12.1 Å². The van der Waals surface area contributed by atoms with Crippen LogP contribution in [0.25, 0.3) is 0 Å². The first-order chi connectivity index (χ1) is 8.54. The lowest BCUT2D eigenvalue weighted by Crippen LogP contribution is -2.39. The van der Waals surface area contributed by atoms with Crippen LogP contribution in [-0.4, -0.2) is 30.6 Å². The van der Waals surface area contributed by atoms with Crippen molar-refractivity contribution in [3.05, 3.63) is 17.0 Å². The molecule has 0 saturated heterocycles. The lowest BCUT2D eigenvalue weighted by molar-refractivity contribution is 0.152. The topological polar surface area (TPSA) is 62.5 Å². The molecular formula is C11H18F2N4O. The molecule has 2 N–H and O–H groups in total. The van der Waals surface area contributed by atoms with E-state index >= 15 is 0 Å². The smallest absolute Gasteiger partial charge is 0.255 e. The normalized spacial score (nSPS) is 12.0. The predicted molar refractivity (Wildman–Crippen MR) is 64.8 cm³/mol. The molecule has 7 heteroatoms. The van der Waals surface area contributed by atoms with Gasteiger partial charge in [0.15, 0.2) is 5.96 Å². The Labute approximate surface area is 105 Å². The van der Waals surface area contributed by atoms with Crippen molar-refractivity contribution in [1.29, 1.82) is 0 Å². The van der Waals surface area contributed by atoms with Crippen LogP contribution in [0.3, 0.4) is 0 Å². The van der Waals surface area contributed by atoms with E-state index in [1.165, 1.54) is 0 Å². The van der Waals surface area contributed by atoms with Crippen LogP contribution in [0.1, 0.15) is 23.9 Å². The summed E-state index contributed by atoms with van der Waals surface area (Å²) in [6.07, 6.45) is -2.41. The van der Waals surface area contributed by atoms with Gasteiger partial charge in [-0.1, -0.05) is 5.16 Å². The molecule has 0 fully saturated rings. The Bertz CT molecular complexity index is 384. The van der Waals surface area contributed by atoms with E-state index in [1.54, 1.807) is 6.92 Å². The van der Waals surface area contributed by atoms with E-state index in [9.17, 15) is 8.78 Å². The maximum absolute atomic E-state index is 12.1. The first-order valence-electron chi connectivity index (χ1n) is 5.76. The fourth-order valence-corrected chi connectivity index (χ4v) is 1.40. The number of guanidine groups is 1. The number of aromatic nitrogens is 1. The van der Waals surface area contributed by atoms with Crippen molar-refractivity contribution >= 4 is 5.96 Å². The fraction of sp³-hybridized carbons (Fsp3) is 0.636. The molecular weight excluding hydrogens is 242 g/mol. The number of nitrogens with zero attached hydrogens (tertiary/aromatic N) is 2. The third-order valence-corrected chi connectivity index (χ3v) is 2.34. The van der Waals surface area contributed by atoms with Gasteiger partial charge >= 0.3 is 0 Å². The van der Waals surface area contributed by atoms with Gasteiger partial charge in [-0.2, -0.15) is 0 Å². The highest BCUT2D eigenvalue weighted by molar-refractivity contribution is 5.79. The number of nitrogens with one attached hydrogen (secondary N) is 2. The quantitative estimate of drug-likeness (QED) is 0.623. The molecule has 102 valence electrons. The summed E-state index contributed by atoms with van der Waals surface area (Å²) in [6.45, 7) is 6.02.